The smallest absolute Gasteiger partial charge is 0.340 e. The van der Waals surface area contributed by atoms with Crippen molar-refractivity contribution in [3.05, 3.63) is 81.0 Å². The molecule has 0 bridgehead atoms. The summed E-state index contributed by atoms with van der Waals surface area (Å²) in [6.07, 6.45) is 0. The molecule has 2 aromatic carbocycles. The molecule has 4 rings (SSSR count). The minimum atomic E-state index is -0.501. The van der Waals surface area contributed by atoms with Crippen LogP contribution in [0, 0.1) is 13.8 Å². The second-order valence-corrected chi connectivity index (χ2v) is 9.35. The standard InChI is InChI=1S/C25H23N3O4S2/c1-4-32-24(31)17-9-5-6-10-18(17)26-21(29)14-34-25-27-19-12-13-33-22(19)23(30)28(25)20-11-7-8-15(2)16(20)3/h5-13H,4,14H2,1-3H3,(H,26,29). The molecule has 34 heavy (non-hydrogen) atoms. The molecule has 7 nitrogen and oxygen atoms in total. The van der Waals surface area contributed by atoms with Crippen LogP contribution in [0.3, 0.4) is 0 Å². The Kier molecular flexibility index (Phi) is 7.14. The van der Waals surface area contributed by atoms with E-state index in [0.29, 0.717) is 21.1 Å². The number of para-hydroxylation sites is 1. The van der Waals surface area contributed by atoms with E-state index < -0.39 is 5.97 Å². The predicted molar refractivity (Wildman–Crippen MR) is 136 cm³/mol. The number of nitrogens with one attached hydrogen (secondary N) is 1. The van der Waals surface area contributed by atoms with Gasteiger partial charge in [-0.1, -0.05) is 36.0 Å². The maximum Gasteiger partial charge on any atom is 0.340 e. The third-order valence-electron chi connectivity index (χ3n) is 5.29. The number of hydrogen-bond donors (Lipinski definition) is 1. The van der Waals surface area contributed by atoms with E-state index in [1.54, 1.807) is 41.8 Å². The van der Waals surface area contributed by atoms with Crippen LogP contribution in [0.4, 0.5) is 5.69 Å². The van der Waals surface area contributed by atoms with E-state index in [1.165, 1.54) is 23.1 Å². The molecule has 0 radical (unpaired) electrons. The molecule has 0 aliphatic rings. The largest absolute Gasteiger partial charge is 0.462 e. The number of benzene rings is 2. The highest BCUT2D eigenvalue weighted by molar-refractivity contribution is 7.99. The highest BCUT2D eigenvalue weighted by Crippen LogP contribution is 2.26. The summed E-state index contributed by atoms with van der Waals surface area (Å²) in [5.41, 5.74) is 3.86. The number of ether oxygens (including phenoxy) is 1. The fourth-order valence-corrected chi connectivity index (χ4v) is 5.04. The average Bonchev–Trinajstić information content (AvgIpc) is 3.30. The first-order chi connectivity index (χ1) is 16.4. The average molecular weight is 494 g/mol. The molecule has 0 aliphatic carbocycles. The van der Waals surface area contributed by atoms with Crippen LogP contribution in [-0.2, 0) is 9.53 Å². The molecule has 4 aromatic rings. The number of hydrogen-bond acceptors (Lipinski definition) is 7. The lowest BCUT2D eigenvalue weighted by Crippen LogP contribution is -2.23. The Hall–Kier alpha value is -3.43. The van der Waals surface area contributed by atoms with Crippen LogP contribution in [0.2, 0.25) is 0 Å². The fourth-order valence-electron chi connectivity index (χ4n) is 3.47. The summed E-state index contributed by atoms with van der Waals surface area (Å²) in [5.74, 6) is -0.822. The first kappa shape index (κ1) is 23.7. The van der Waals surface area contributed by atoms with Crippen molar-refractivity contribution in [1.29, 1.82) is 0 Å². The normalized spacial score (nSPS) is 10.9. The van der Waals surface area contributed by atoms with Crippen LogP contribution in [0.15, 0.2) is 63.9 Å². The van der Waals surface area contributed by atoms with Gasteiger partial charge in [0.2, 0.25) is 5.91 Å². The number of amides is 1. The Morgan fingerprint density at radius 2 is 1.91 bits per heavy atom. The highest BCUT2D eigenvalue weighted by Gasteiger charge is 2.19. The maximum absolute atomic E-state index is 13.4. The van der Waals surface area contributed by atoms with Crippen molar-refractivity contribution in [3.63, 3.8) is 0 Å². The Labute approximate surface area is 204 Å². The SMILES string of the molecule is CCOC(=O)c1ccccc1NC(=O)CSc1nc2ccsc2c(=O)n1-c1cccc(C)c1C. The number of esters is 1. The van der Waals surface area contributed by atoms with Crippen LogP contribution in [0.5, 0.6) is 0 Å². The molecule has 0 saturated carbocycles. The van der Waals surface area contributed by atoms with E-state index in [2.05, 4.69) is 10.3 Å². The first-order valence-corrected chi connectivity index (χ1v) is 12.5. The second kappa shape index (κ2) is 10.2. The molecule has 0 unspecified atom stereocenters. The van der Waals surface area contributed by atoms with Crippen molar-refractivity contribution < 1.29 is 14.3 Å². The molecule has 2 aromatic heterocycles. The van der Waals surface area contributed by atoms with E-state index in [0.717, 1.165) is 16.8 Å². The highest BCUT2D eigenvalue weighted by atomic mass is 32.2. The van der Waals surface area contributed by atoms with Gasteiger partial charge in [0.05, 0.1) is 34.8 Å². The van der Waals surface area contributed by atoms with Crippen LogP contribution in [-0.4, -0.2) is 33.8 Å². The van der Waals surface area contributed by atoms with Gasteiger partial charge in [-0.2, -0.15) is 0 Å². The van der Waals surface area contributed by atoms with Crippen LogP contribution < -0.4 is 10.9 Å². The second-order valence-electron chi connectivity index (χ2n) is 7.49. The lowest BCUT2D eigenvalue weighted by Gasteiger charge is -2.15. The number of anilines is 1. The van der Waals surface area contributed by atoms with E-state index in [4.69, 9.17) is 4.74 Å². The van der Waals surface area contributed by atoms with Crippen LogP contribution in [0.25, 0.3) is 15.9 Å². The molecule has 1 N–H and O–H groups in total. The van der Waals surface area contributed by atoms with Gasteiger partial charge in [-0.3, -0.25) is 14.2 Å². The number of carbonyl (C=O) groups excluding carboxylic acids is 2. The van der Waals surface area contributed by atoms with Gasteiger partial charge in [-0.25, -0.2) is 9.78 Å². The van der Waals surface area contributed by atoms with Crippen LogP contribution >= 0.6 is 23.1 Å². The Morgan fingerprint density at radius 1 is 1.12 bits per heavy atom. The number of nitrogens with zero attached hydrogens (tertiary/aromatic N) is 2. The molecule has 9 heteroatoms. The lowest BCUT2D eigenvalue weighted by molar-refractivity contribution is -0.113. The summed E-state index contributed by atoms with van der Waals surface area (Å²) < 4.78 is 7.21. The van der Waals surface area contributed by atoms with Crippen molar-refractivity contribution in [2.45, 2.75) is 25.9 Å². The lowest BCUT2D eigenvalue weighted by atomic mass is 10.1. The number of thioether (sulfide) groups is 1. The molecule has 1 amide bonds. The third kappa shape index (κ3) is 4.76. The summed E-state index contributed by atoms with van der Waals surface area (Å²) in [4.78, 5) is 43.0. The molecular formula is C25H23N3O4S2. The van der Waals surface area contributed by atoms with Gasteiger partial charge >= 0.3 is 5.97 Å². The third-order valence-corrected chi connectivity index (χ3v) is 7.13. The molecule has 0 atom stereocenters. The zero-order valence-electron chi connectivity index (χ0n) is 19.0. The zero-order valence-corrected chi connectivity index (χ0v) is 20.6. The van der Waals surface area contributed by atoms with Gasteiger partial charge in [0.25, 0.3) is 5.56 Å². The van der Waals surface area contributed by atoms with Gasteiger partial charge < -0.3 is 10.1 Å². The number of aromatic nitrogens is 2. The summed E-state index contributed by atoms with van der Waals surface area (Å²) in [7, 11) is 0. The summed E-state index contributed by atoms with van der Waals surface area (Å²) in [5, 5.41) is 5.04. The van der Waals surface area contributed by atoms with E-state index >= 15 is 0 Å². The van der Waals surface area contributed by atoms with Crippen molar-refractivity contribution in [3.8, 4) is 5.69 Å². The Balaban J connectivity index is 1.64. The van der Waals surface area contributed by atoms with E-state index in [9.17, 15) is 14.4 Å². The number of rotatable bonds is 7. The quantitative estimate of drug-likeness (QED) is 0.222. The Bertz CT molecular complexity index is 1440. The van der Waals surface area contributed by atoms with Gasteiger partial charge in [0, 0.05) is 0 Å². The zero-order chi connectivity index (χ0) is 24.2. The van der Waals surface area contributed by atoms with Crippen LogP contribution in [0.1, 0.15) is 28.4 Å². The van der Waals surface area contributed by atoms with E-state index in [1.807, 2.05) is 37.4 Å². The summed E-state index contributed by atoms with van der Waals surface area (Å²) in [6, 6.07) is 14.3. The summed E-state index contributed by atoms with van der Waals surface area (Å²) in [6.45, 7) is 5.91. The van der Waals surface area contributed by atoms with Crippen molar-refractivity contribution >= 4 is 50.9 Å². The molecular weight excluding hydrogens is 470 g/mol. The van der Waals surface area contributed by atoms with Crippen molar-refractivity contribution in [2.75, 3.05) is 17.7 Å². The molecule has 174 valence electrons. The topological polar surface area (TPSA) is 90.3 Å². The van der Waals surface area contributed by atoms with Crippen molar-refractivity contribution in [1.82, 2.24) is 9.55 Å². The fraction of sp³-hybridized carbons (Fsp3) is 0.200. The number of fused-ring (bicyclic) bond motifs is 1. The Morgan fingerprint density at radius 3 is 2.71 bits per heavy atom. The first-order valence-electron chi connectivity index (χ1n) is 10.7. The molecule has 0 fully saturated rings. The van der Waals surface area contributed by atoms with Gasteiger partial charge in [0.15, 0.2) is 5.16 Å². The molecule has 0 spiro atoms. The molecule has 0 aliphatic heterocycles. The predicted octanol–water partition coefficient (Wildman–Crippen LogP) is 4.97. The van der Waals surface area contributed by atoms with Gasteiger partial charge in [-0.05, 0) is 61.5 Å². The minimum absolute atomic E-state index is 0.00407. The number of thiophene rings is 1. The monoisotopic (exact) mass is 493 g/mol. The maximum atomic E-state index is 13.4. The number of aryl methyl sites for hydroxylation is 1. The van der Waals surface area contributed by atoms with Crippen molar-refractivity contribution in [2.24, 2.45) is 0 Å². The number of carbonyl (C=O) groups is 2. The molecule has 2 heterocycles. The van der Waals surface area contributed by atoms with E-state index in [-0.39, 0.29) is 29.4 Å². The minimum Gasteiger partial charge on any atom is -0.462 e. The summed E-state index contributed by atoms with van der Waals surface area (Å²) >= 11 is 2.52. The van der Waals surface area contributed by atoms with Gasteiger partial charge in [-0.15, -0.1) is 11.3 Å². The van der Waals surface area contributed by atoms with Gasteiger partial charge in [0.1, 0.15) is 4.70 Å². The molecule has 0 saturated heterocycles.